The van der Waals surface area contributed by atoms with E-state index in [4.69, 9.17) is 9.47 Å². The summed E-state index contributed by atoms with van der Waals surface area (Å²) in [5.74, 6) is 1.21. The zero-order chi connectivity index (χ0) is 21.1. The van der Waals surface area contributed by atoms with Gasteiger partial charge in [-0.3, -0.25) is 9.36 Å². The highest BCUT2D eigenvalue weighted by atomic mass is 32.2. The number of carbonyl (C=O) groups is 1. The van der Waals surface area contributed by atoms with Crippen LogP contribution in [0.15, 0.2) is 47.6 Å². The molecule has 1 N–H and O–H groups in total. The van der Waals surface area contributed by atoms with E-state index in [0.29, 0.717) is 33.7 Å². The molecule has 30 heavy (non-hydrogen) atoms. The predicted molar refractivity (Wildman–Crippen MR) is 113 cm³/mol. The third-order valence-electron chi connectivity index (χ3n) is 4.70. The zero-order valence-corrected chi connectivity index (χ0v) is 17.4. The molecule has 1 aromatic heterocycles. The number of aromatic nitrogens is 3. The Morgan fingerprint density at radius 2 is 2.00 bits per heavy atom. The molecule has 1 amide bonds. The maximum atomic E-state index is 14.3. The summed E-state index contributed by atoms with van der Waals surface area (Å²) in [4.78, 5) is 12.5. The van der Waals surface area contributed by atoms with Crippen LogP contribution in [0.4, 0.5) is 10.1 Å². The summed E-state index contributed by atoms with van der Waals surface area (Å²) in [6.45, 7) is 0. The van der Waals surface area contributed by atoms with E-state index in [1.54, 1.807) is 43.5 Å². The summed E-state index contributed by atoms with van der Waals surface area (Å²) in [6.07, 6.45) is 1.97. The molecule has 0 atom stereocenters. The average molecular weight is 428 g/mol. The fourth-order valence-corrected chi connectivity index (χ4v) is 3.90. The number of anilines is 1. The quantitative estimate of drug-likeness (QED) is 0.543. The van der Waals surface area contributed by atoms with Crippen LogP contribution >= 0.6 is 11.8 Å². The molecule has 0 unspecified atom stereocenters. The first kappa shape index (κ1) is 20.2. The predicted octanol–water partition coefficient (Wildman–Crippen LogP) is 4.17. The highest BCUT2D eigenvalue weighted by Crippen LogP contribution is 2.41. The van der Waals surface area contributed by atoms with Crippen molar-refractivity contribution in [2.45, 2.75) is 24.0 Å². The maximum Gasteiger partial charge on any atom is 0.234 e. The number of carbonyl (C=O) groups excluding carboxylic acids is 1. The topological polar surface area (TPSA) is 78.3 Å². The van der Waals surface area contributed by atoms with E-state index in [9.17, 15) is 9.18 Å². The van der Waals surface area contributed by atoms with Crippen LogP contribution < -0.4 is 14.8 Å². The van der Waals surface area contributed by atoms with Crippen molar-refractivity contribution in [2.24, 2.45) is 0 Å². The number of hydrogen-bond donors (Lipinski definition) is 1. The Morgan fingerprint density at radius 1 is 1.20 bits per heavy atom. The van der Waals surface area contributed by atoms with Crippen molar-refractivity contribution in [3.05, 3.63) is 48.3 Å². The highest BCUT2D eigenvalue weighted by molar-refractivity contribution is 7.99. The molecule has 1 aliphatic carbocycles. The van der Waals surface area contributed by atoms with Crippen LogP contribution in [-0.2, 0) is 4.79 Å². The lowest BCUT2D eigenvalue weighted by Gasteiger charge is -2.12. The second-order valence-corrected chi connectivity index (χ2v) is 7.73. The lowest BCUT2D eigenvalue weighted by atomic mass is 10.2. The first-order valence-corrected chi connectivity index (χ1v) is 10.4. The zero-order valence-electron chi connectivity index (χ0n) is 16.6. The van der Waals surface area contributed by atoms with Gasteiger partial charge in [-0.05, 0) is 37.1 Å². The second-order valence-electron chi connectivity index (χ2n) is 6.79. The Morgan fingerprint density at radius 3 is 2.70 bits per heavy atom. The number of hydrogen-bond acceptors (Lipinski definition) is 6. The van der Waals surface area contributed by atoms with Gasteiger partial charge in [0.15, 0.2) is 11.0 Å². The molecule has 0 aliphatic heterocycles. The number of nitrogens with zero attached hydrogens (tertiary/aromatic N) is 3. The van der Waals surface area contributed by atoms with Crippen molar-refractivity contribution in [1.82, 2.24) is 14.8 Å². The monoisotopic (exact) mass is 428 g/mol. The molecule has 0 spiro atoms. The summed E-state index contributed by atoms with van der Waals surface area (Å²) >= 11 is 1.27. The maximum absolute atomic E-state index is 14.3. The summed E-state index contributed by atoms with van der Waals surface area (Å²) in [6, 6.07) is 11.9. The first-order valence-electron chi connectivity index (χ1n) is 9.45. The van der Waals surface area contributed by atoms with Crippen LogP contribution in [0.1, 0.15) is 18.9 Å². The third kappa shape index (κ3) is 4.25. The summed E-state index contributed by atoms with van der Waals surface area (Å²) in [5.41, 5.74) is 0.937. The first-order chi connectivity index (χ1) is 14.6. The summed E-state index contributed by atoms with van der Waals surface area (Å²) in [7, 11) is 3.09. The van der Waals surface area contributed by atoms with E-state index in [1.807, 2.05) is 4.57 Å². The molecule has 9 heteroatoms. The number of nitrogens with one attached hydrogen (secondary N) is 1. The third-order valence-corrected chi connectivity index (χ3v) is 5.65. The smallest absolute Gasteiger partial charge is 0.234 e. The van der Waals surface area contributed by atoms with Crippen LogP contribution in [0.5, 0.6) is 11.5 Å². The molecule has 7 nitrogen and oxygen atoms in total. The lowest BCUT2D eigenvalue weighted by molar-refractivity contribution is -0.113. The van der Waals surface area contributed by atoms with Gasteiger partial charge in [0.2, 0.25) is 5.91 Å². The van der Waals surface area contributed by atoms with Crippen molar-refractivity contribution in [1.29, 1.82) is 0 Å². The van der Waals surface area contributed by atoms with Crippen LogP contribution in [0.25, 0.3) is 11.4 Å². The number of rotatable bonds is 8. The van der Waals surface area contributed by atoms with Crippen LogP contribution in [0.2, 0.25) is 0 Å². The largest absolute Gasteiger partial charge is 0.497 e. The van der Waals surface area contributed by atoms with Crippen LogP contribution in [0, 0.1) is 5.82 Å². The standard InChI is InChI=1S/C21H21FN4O3S/c1-28-14-9-10-18(29-2)17(11-14)23-19(27)12-30-21-25-24-20(26(21)13-7-8-13)15-5-3-4-6-16(15)22/h3-6,9-11,13H,7-8,12H2,1-2H3,(H,23,27). The SMILES string of the molecule is COc1ccc(OC)c(NC(=O)CSc2nnc(-c3ccccc3F)n2C2CC2)c1. The summed E-state index contributed by atoms with van der Waals surface area (Å²) < 4.78 is 26.7. The number of ether oxygens (including phenoxy) is 2. The Balaban J connectivity index is 1.50. The number of halogens is 1. The van der Waals surface area contributed by atoms with Crippen molar-refractivity contribution in [3.63, 3.8) is 0 Å². The Labute approximate surface area is 177 Å². The van der Waals surface area contributed by atoms with Crippen molar-refractivity contribution < 1.29 is 18.7 Å². The van der Waals surface area contributed by atoms with Gasteiger partial charge in [0, 0.05) is 12.1 Å². The number of methoxy groups -OCH3 is 2. The molecule has 1 saturated carbocycles. The van der Waals surface area contributed by atoms with Crippen molar-refractivity contribution >= 4 is 23.4 Å². The minimum atomic E-state index is -0.341. The van der Waals surface area contributed by atoms with Gasteiger partial charge in [0.25, 0.3) is 0 Å². The molecular weight excluding hydrogens is 407 g/mol. The van der Waals surface area contributed by atoms with E-state index >= 15 is 0 Å². The van der Waals surface area contributed by atoms with Gasteiger partial charge >= 0.3 is 0 Å². The highest BCUT2D eigenvalue weighted by Gasteiger charge is 2.31. The fourth-order valence-electron chi connectivity index (χ4n) is 3.09. The van der Waals surface area contributed by atoms with Gasteiger partial charge < -0.3 is 14.8 Å². The molecule has 4 rings (SSSR count). The molecular formula is C21H21FN4O3S. The van der Waals surface area contributed by atoms with Gasteiger partial charge in [0.1, 0.15) is 17.3 Å². The molecule has 2 aromatic carbocycles. The van der Waals surface area contributed by atoms with E-state index in [0.717, 1.165) is 12.8 Å². The Bertz CT molecular complexity index is 1070. The molecule has 0 radical (unpaired) electrons. The number of amides is 1. The van der Waals surface area contributed by atoms with E-state index in [-0.39, 0.29) is 23.5 Å². The normalized spacial score (nSPS) is 13.2. The Kier molecular flexibility index (Phi) is 5.89. The Hall–Kier alpha value is -3.07. The average Bonchev–Trinajstić information content (AvgIpc) is 3.51. The van der Waals surface area contributed by atoms with E-state index < -0.39 is 0 Å². The van der Waals surface area contributed by atoms with Gasteiger partial charge in [-0.1, -0.05) is 23.9 Å². The molecule has 156 valence electrons. The van der Waals surface area contributed by atoms with Gasteiger partial charge in [-0.15, -0.1) is 10.2 Å². The van der Waals surface area contributed by atoms with E-state index in [2.05, 4.69) is 15.5 Å². The molecule has 0 saturated heterocycles. The van der Waals surface area contributed by atoms with Crippen molar-refractivity contribution in [2.75, 3.05) is 25.3 Å². The fraction of sp³-hybridized carbons (Fsp3) is 0.286. The van der Waals surface area contributed by atoms with Gasteiger partial charge in [-0.25, -0.2) is 4.39 Å². The molecule has 1 aliphatic rings. The molecule has 1 fully saturated rings. The minimum absolute atomic E-state index is 0.127. The molecule has 0 bridgehead atoms. The van der Waals surface area contributed by atoms with Crippen LogP contribution in [-0.4, -0.2) is 40.6 Å². The van der Waals surface area contributed by atoms with Crippen LogP contribution in [0.3, 0.4) is 0 Å². The molecule has 3 aromatic rings. The van der Waals surface area contributed by atoms with Gasteiger partial charge in [0.05, 0.1) is 31.2 Å². The van der Waals surface area contributed by atoms with Gasteiger partial charge in [-0.2, -0.15) is 0 Å². The minimum Gasteiger partial charge on any atom is -0.497 e. The number of thioether (sulfide) groups is 1. The summed E-state index contributed by atoms with van der Waals surface area (Å²) in [5, 5.41) is 11.9. The molecule has 1 heterocycles. The van der Waals surface area contributed by atoms with Crippen molar-refractivity contribution in [3.8, 4) is 22.9 Å². The lowest BCUT2D eigenvalue weighted by Crippen LogP contribution is -2.15. The number of benzene rings is 2. The second kappa shape index (κ2) is 8.74. The van der Waals surface area contributed by atoms with E-state index in [1.165, 1.54) is 24.9 Å².